The molecule has 0 amide bonds. The van der Waals surface area contributed by atoms with Gasteiger partial charge in [-0.1, -0.05) is 28.1 Å². The van der Waals surface area contributed by atoms with Crippen molar-refractivity contribution < 1.29 is 0 Å². The molecule has 2 aromatic heterocycles. The molecule has 3 nitrogen and oxygen atoms in total. The summed E-state index contributed by atoms with van der Waals surface area (Å²) < 4.78 is 1.06. The molecule has 2 heterocycles. The number of thiophene rings is 1. The van der Waals surface area contributed by atoms with E-state index in [1.165, 1.54) is 16.0 Å². The maximum atomic E-state index is 6.10. The number of nitrogens with two attached hydrogens (primary N) is 1. The average Bonchev–Trinajstić information content (AvgIpc) is 2.65. The van der Waals surface area contributed by atoms with Crippen LogP contribution in [0, 0.1) is 13.8 Å². The van der Waals surface area contributed by atoms with Crippen molar-refractivity contribution in [1.82, 2.24) is 9.97 Å². The van der Waals surface area contributed by atoms with E-state index in [1.54, 1.807) is 11.3 Å². The van der Waals surface area contributed by atoms with E-state index in [1.807, 2.05) is 12.1 Å². The zero-order chi connectivity index (χ0) is 14.3. The Morgan fingerprint density at radius 3 is 2.80 bits per heavy atom. The summed E-state index contributed by atoms with van der Waals surface area (Å²) in [4.78, 5) is 11.3. The van der Waals surface area contributed by atoms with Crippen molar-refractivity contribution in [2.24, 2.45) is 0 Å². The number of nitrogens with zero attached hydrogens (tertiary/aromatic N) is 2. The molecule has 0 saturated carbocycles. The number of benzene rings is 1. The van der Waals surface area contributed by atoms with Gasteiger partial charge in [-0.15, -0.1) is 11.3 Å². The molecular formula is C15H14BrN3S. The molecule has 0 aliphatic heterocycles. The molecule has 0 unspecified atom stereocenters. The second-order valence-electron chi connectivity index (χ2n) is 4.80. The number of hydrogen-bond acceptors (Lipinski definition) is 4. The highest BCUT2D eigenvalue weighted by Gasteiger charge is 2.12. The quantitative estimate of drug-likeness (QED) is 0.753. The van der Waals surface area contributed by atoms with Gasteiger partial charge in [0.2, 0.25) is 0 Å². The molecule has 1 aromatic carbocycles. The number of rotatable bonds is 2. The molecule has 3 aromatic rings. The zero-order valence-electron chi connectivity index (χ0n) is 11.3. The zero-order valence-corrected chi connectivity index (χ0v) is 13.7. The van der Waals surface area contributed by atoms with E-state index in [2.05, 4.69) is 51.9 Å². The SMILES string of the molecule is Cc1sc2nc(Cc3cccc(Br)c3)nc(N)c2c1C. The van der Waals surface area contributed by atoms with Gasteiger partial charge in [0, 0.05) is 15.8 Å². The number of nitrogen functional groups attached to an aromatic ring is 1. The van der Waals surface area contributed by atoms with Crippen LogP contribution in [-0.2, 0) is 6.42 Å². The van der Waals surface area contributed by atoms with Crippen LogP contribution in [0.2, 0.25) is 0 Å². The predicted octanol–water partition coefficient (Wildman–Crippen LogP) is 4.24. The van der Waals surface area contributed by atoms with Gasteiger partial charge in [-0.2, -0.15) is 0 Å². The summed E-state index contributed by atoms with van der Waals surface area (Å²) in [7, 11) is 0. The van der Waals surface area contributed by atoms with Gasteiger partial charge in [-0.3, -0.25) is 0 Å². The summed E-state index contributed by atoms with van der Waals surface area (Å²) in [5.41, 5.74) is 8.46. The molecule has 102 valence electrons. The Kier molecular flexibility index (Phi) is 3.48. The highest BCUT2D eigenvalue weighted by Crippen LogP contribution is 2.32. The molecule has 20 heavy (non-hydrogen) atoms. The first-order chi connectivity index (χ1) is 9.54. The number of hydrogen-bond donors (Lipinski definition) is 1. The van der Waals surface area contributed by atoms with Gasteiger partial charge in [-0.05, 0) is 37.1 Å². The molecular weight excluding hydrogens is 334 g/mol. The first-order valence-electron chi connectivity index (χ1n) is 6.31. The fourth-order valence-corrected chi connectivity index (χ4v) is 3.74. The maximum absolute atomic E-state index is 6.10. The van der Waals surface area contributed by atoms with Gasteiger partial charge in [0.25, 0.3) is 0 Å². The molecule has 0 fully saturated rings. The van der Waals surface area contributed by atoms with Gasteiger partial charge in [0.15, 0.2) is 0 Å². The van der Waals surface area contributed by atoms with Gasteiger partial charge in [0.1, 0.15) is 16.5 Å². The number of aryl methyl sites for hydroxylation is 2. The third kappa shape index (κ3) is 2.43. The van der Waals surface area contributed by atoms with Crippen molar-refractivity contribution in [3.8, 4) is 0 Å². The Labute approximate surface area is 130 Å². The van der Waals surface area contributed by atoms with Crippen LogP contribution in [0.1, 0.15) is 21.8 Å². The van der Waals surface area contributed by atoms with E-state index in [4.69, 9.17) is 5.73 Å². The van der Waals surface area contributed by atoms with Crippen LogP contribution in [0.25, 0.3) is 10.2 Å². The van der Waals surface area contributed by atoms with E-state index < -0.39 is 0 Å². The predicted molar refractivity (Wildman–Crippen MR) is 88.2 cm³/mol. The van der Waals surface area contributed by atoms with Gasteiger partial charge in [0.05, 0.1) is 5.39 Å². The lowest BCUT2D eigenvalue weighted by molar-refractivity contribution is 1.00. The van der Waals surface area contributed by atoms with Crippen molar-refractivity contribution in [2.75, 3.05) is 5.73 Å². The van der Waals surface area contributed by atoms with Gasteiger partial charge >= 0.3 is 0 Å². The molecule has 2 N–H and O–H groups in total. The summed E-state index contributed by atoms with van der Waals surface area (Å²) in [5, 5.41) is 1.01. The lowest BCUT2D eigenvalue weighted by Crippen LogP contribution is -2.01. The van der Waals surface area contributed by atoms with E-state index in [9.17, 15) is 0 Å². The van der Waals surface area contributed by atoms with Gasteiger partial charge < -0.3 is 5.73 Å². The number of anilines is 1. The lowest BCUT2D eigenvalue weighted by atomic mass is 10.1. The van der Waals surface area contributed by atoms with Crippen LogP contribution < -0.4 is 5.73 Å². The Morgan fingerprint density at radius 1 is 1.25 bits per heavy atom. The minimum absolute atomic E-state index is 0.585. The highest BCUT2D eigenvalue weighted by atomic mass is 79.9. The third-order valence-corrected chi connectivity index (χ3v) is 4.95. The number of halogens is 1. The second kappa shape index (κ2) is 5.14. The summed E-state index contributed by atoms with van der Waals surface area (Å²) in [6.45, 7) is 4.16. The molecule has 3 rings (SSSR count). The smallest absolute Gasteiger partial charge is 0.136 e. The summed E-state index contributed by atoms with van der Waals surface area (Å²) >= 11 is 5.16. The van der Waals surface area contributed by atoms with E-state index in [-0.39, 0.29) is 0 Å². The Morgan fingerprint density at radius 2 is 2.05 bits per heavy atom. The van der Waals surface area contributed by atoms with Crippen LogP contribution in [0.4, 0.5) is 5.82 Å². The first kappa shape index (κ1) is 13.5. The standard InChI is InChI=1S/C15H14BrN3S/c1-8-9(2)20-15-13(8)14(17)18-12(19-15)7-10-4-3-5-11(16)6-10/h3-6H,7H2,1-2H3,(H2,17,18,19). The van der Waals surface area contributed by atoms with E-state index >= 15 is 0 Å². The van der Waals surface area contributed by atoms with Crippen LogP contribution in [0.15, 0.2) is 28.7 Å². The fourth-order valence-electron chi connectivity index (χ4n) is 2.24. The topological polar surface area (TPSA) is 51.8 Å². The molecule has 0 radical (unpaired) electrons. The van der Waals surface area contributed by atoms with Crippen molar-refractivity contribution in [3.63, 3.8) is 0 Å². The molecule has 5 heteroatoms. The molecule has 0 bridgehead atoms. The summed E-state index contributed by atoms with van der Waals surface area (Å²) in [6.07, 6.45) is 0.690. The van der Waals surface area contributed by atoms with Crippen molar-refractivity contribution >= 4 is 43.3 Å². The van der Waals surface area contributed by atoms with E-state index in [0.717, 1.165) is 20.5 Å². The highest BCUT2D eigenvalue weighted by molar-refractivity contribution is 9.10. The van der Waals surface area contributed by atoms with Crippen molar-refractivity contribution in [3.05, 3.63) is 50.6 Å². The van der Waals surface area contributed by atoms with Crippen LogP contribution in [-0.4, -0.2) is 9.97 Å². The minimum Gasteiger partial charge on any atom is -0.383 e. The fraction of sp³-hybridized carbons (Fsp3) is 0.200. The third-order valence-electron chi connectivity index (χ3n) is 3.35. The molecule has 0 saturated heterocycles. The lowest BCUT2D eigenvalue weighted by Gasteiger charge is -2.04. The number of aromatic nitrogens is 2. The summed E-state index contributed by atoms with van der Waals surface area (Å²) in [5.74, 6) is 1.36. The number of fused-ring (bicyclic) bond motifs is 1. The normalized spacial score (nSPS) is 11.2. The van der Waals surface area contributed by atoms with E-state index in [0.29, 0.717) is 12.2 Å². The van der Waals surface area contributed by atoms with Crippen LogP contribution >= 0.6 is 27.3 Å². The average molecular weight is 348 g/mol. The first-order valence-corrected chi connectivity index (χ1v) is 7.92. The Bertz CT molecular complexity index is 795. The molecule has 0 atom stereocenters. The second-order valence-corrected chi connectivity index (χ2v) is 6.91. The van der Waals surface area contributed by atoms with Crippen LogP contribution in [0.5, 0.6) is 0 Å². The van der Waals surface area contributed by atoms with Crippen LogP contribution in [0.3, 0.4) is 0 Å². The summed E-state index contributed by atoms with van der Waals surface area (Å²) in [6, 6.07) is 8.17. The van der Waals surface area contributed by atoms with Crippen molar-refractivity contribution in [1.29, 1.82) is 0 Å². The largest absolute Gasteiger partial charge is 0.383 e. The monoisotopic (exact) mass is 347 g/mol. The Hall–Kier alpha value is -1.46. The minimum atomic E-state index is 0.585. The maximum Gasteiger partial charge on any atom is 0.136 e. The van der Waals surface area contributed by atoms with Gasteiger partial charge in [-0.25, -0.2) is 9.97 Å². The molecule has 0 aliphatic rings. The molecule has 0 aliphatic carbocycles. The van der Waals surface area contributed by atoms with Crippen molar-refractivity contribution in [2.45, 2.75) is 20.3 Å². The molecule has 0 spiro atoms. The Balaban J connectivity index is 2.05.